The molecular weight excluding hydrogens is 390 g/mol. The van der Waals surface area contributed by atoms with Crippen LogP contribution in [0.15, 0.2) is 11.6 Å². The van der Waals surface area contributed by atoms with E-state index in [-0.39, 0.29) is 23.3 Å². The number of nitrogens with one attached hydrogen (secondary N) is 2. The molecule has 2 amide bonds. The summed E-state index contributed by atoms with van der Waals surface area (Å²) in [5.74, 6) is -1.61. The van der Waals surface area contributed by atoms with Crippen LogP contribution in [0.4, 0.5) is 0 Å². The molecular formula is C21H39N3O4S. The number of rotatable bonds is 9. The van der Waals surface area contributed by atoms with Crippen molar-refractivity contribution < 1.29 is 19.5 Å². The number of thiol groups is 1. The lowest BCUT2D eigenvalue weighted by molar-refractivity contribution is -0.140. The van der Waals surface area contributed by atoms with Crippen LogP contribution < -0.4 is 10.6 Å². The average molecular weight is 430 g/mol. The van der Waals surface area contributed by atoms with Gasteiger partial charge in [-0.25, -0.2) is 4.79 Å². The highest BCUT2D eigenvalue weighted by Gasteiger charge is 2.40. The van der Waals surface area contributed by atoms with Gasteiger partial charge in [0.15, 0.2) is 0 Å². The van der Waals surface area contributed by atoms with Crippen LogP contribution in [0.25, 0.3) is 0 Å². The highest BCUT2D eigenvalue weighted by atomic mass is 32.1. The van der Waals surface area contributed by atoms with Gasteiger partial charge in [0, 0.05) is 17.4 Å². The van der Waals surface area contributed by atoms with Crippen LogP contribution in [0, 0.1) is 11.3 Å². The number of hydrogen-bond donors (Lipinski definition) is 4. The number of aliphatic carboxylic acids is 1. The fraction of sp³-hybridized carbons (Fsp3) is 0.762. The van der Waals surface area contributed by atoms with E-state index in [0.717, 1.165) is 0 Å². The van der Waals surface area contributed by atoms with Crippen molar-refractivity contribution in [2.75, 3.05) is 14.1 Å². The molecule has 0 aliphatic rings. The Morgan fingerprint density at radius 1 is 1.07 bits per heavy atom. The highest BCUT2D eigenvalue weighted by molar-refractivity contribution is 7.81. The Morgan fingerprint density at radius 3 is 1.86 bits per heavy atom. The van der Waals surface area contributed by atoms with Crippen molar-refractivity contribution in [1.29, 1.82) is 0 Å². The summed E-state index contributed by atoms with van der Waals surface area (Å²) in [6.07, 6.45) is 1.58. The summed E-state index contributed by atoms with van der Waals surface area (Å²) < 4.78 is -0.627. The van der Waals surface area contributed by atoms with Gasteiger partial charge in [-0.05, 0) is 39.2 Å². The topological polar surface area (TPSA) is 98.7 Å². The van der Waals surface area contributed by atoms with Gasteiger partial charge in [0.1, 0.15) is 12.1 Å². The van der Waals surface area contributed by atoms with Crippen LogP contribution in [0.1, 0.15) is 55.4 Å². The molecule has 7 nitrogen and oxygen atoms in total. The Morgan fingerprint density at radius 2 is 1.55 bits per heavy atom. The normalized spacial score (nSPS) is 16.2. The van der Waals surface area contributed by atoms with Gasteiger partial charge in [-0.3, -0.25) is 9.59 Å². The third-order valence-electron chi connectivity index (χ3n) is 4.89. The predicted molar refractivity (Wildman–Crippen MR) is 120 cm³/mol. The number of carbonyl (C=O) groups is 3. The maximum Gasteiger partial charge on any atom is 0.331 e. The van der Waals surface area contributed by atoms with Gasteiger partial charge in [0.25, 0.3) is 0 Å². The molecule has 3 atom stereocenters. The molecule has 0 saturated heterocycles. The van der Waals surface area contributed by atoms with Gasteiger partial charge in [-0.15, -0.1) is 0 Å². The van der Waals surface area contributed by atoms with Gasteiger partial charge in [-0.1, -0.05) is 40.7 Å². The summed E-state index contributed by atoms with van der Waals surface area (Å²) in [6, 6.07) is -1.79. The number of amides is 2. The number of carboxylic acid groups (broad SMARTS) is 1. The summed E-state index contributed by atoms with van der Waals surface area (Å²) in [6.45, 7) is 14.6. The Balaban J connectivity index is 5.89. The van der Waals surface area contributed by atoms with Crippen LogP contribution in [0.3, 0.4) is 0 Å². The van der Waals surface area contributed by atoms with Crippen LogP contribution in [-0.2, 0) is 14.4 Å². The van der Waals surface area contributed by atoms with E-state index >= 15 is 0 Å². The van der Waals surface area contributed by atoms with Crippen molar-refractivity contribution >= 4 is 30.4 Å². The van der Waals surface area contributed by atoms with Crippen LogP contribution in [0.5, 0.6) is 0 Å². The quantitative estimate of drug-likeness (QED) is 0.333. The SMILES string of the molecule is CNC(C(=O)NC(C(=O)N(C)C(/C=C(\C)C(=O)O)C(C)C)C(C)(C)C)C(C)(C)S. The first kappa shape index (κ1) is 27.5. The molecule has 0 aromatic carbocycles. The van der Waals surface area contributed by atoms with Crippen molar-refractivity contribution in [2.45, 2.75) is 78.3 Å². The largest absolute Gasteiger partial charge is 0.478 e. The van der Waals surface area contributed by atoms with E-state index in [4.69, 9.17) is 0 Å². The fourth-order valence-electron chi connectivity index (χ4n) is 3.11. The summed E-state index contributed by atoms with van der Waals surface area (Å²) >= 11 is 4.49. The van der Waals surface area contributed by atoms with E-state index in [2.05, 4.69) is 23.3 Å². The standard InChI is InChI=1S/C21H39N3O4S/c1-12(2)14(11-13(3)19(27)28)24(10)18(26)16(20(4,5)6)23-17(25)15(22-9)21(7,8)29/h11-12,14-16,22,29H,1-10H3,(H,23,25)(H,27,28)/b13-11+. The zero-order chi connectivity index (χ0) is 23.3. The van der Waals surface area contributed by atoms with Crippen molar-refractivity contribution in [3.63, 3.8) is 0 Å². The molecule has 29 heavy (non-hydrogen) atoms. The molecule has 0 rings (SSSR count). The van der Waals surface area contributed by atoms with E-state index in [9.17, 15) is 19.5 Å². The molecule has 168 valence electrons. The smallest absolute Gasteiger partial charge is 0.331 e. The molecule has 0 aliphatic heterocycles. The molecule has 8 heteroatoms. The second-order valence-electron chi connectivity index (χ2n) is 9.52. The average Bonchev–Trinajstić information content (AvgIpc) is 2.53. The summed E-state index contributed by atoms with van der Waals surface area (Å²) in [7, 11) is 3.32. The van der Waals surface area contributed by atoms with Crippen LogP contribution in [0.2, 0.25) is 0 Å². The molecule has 0 radical (unpaired) electrons. The Labute approximate surface area is 181 Å². The van der Waals surface area contributed by atoms with Gasteiger partial charge < -0.3 is 20.6 Å². The van der Waals surface area contributed by atoms with Crippen LogP contribution >= 0.6 is 12.6 Å². The van der Waals surface area contributed by atoms with Crippen molar-refractivity contribution in [1.82, 2.24) is 15.5 Å². The first-order valence-electron chi connectivity index (χ1n) is 9.83. The molecule has 0 fully saturated rings. The first-order valence-corrected chi connectivity index (χ1v) is 10.3. The molecule has 0 spiro atoms. The van der Waals surface area contributed by atoms with E-state index in [0.29, 0.717) is 0 Å². The monoisotopic (exact) mass is 429 g/mol. The zero-order valence-corrected chi connectivity index (χ0v) is 20.3. The molecule has 0 aromatic heterocycles. The molecule has 0 saturated carbocycles. The summed E-state index contributed by atoms with van der Waals surface area (Å²) in [5.41, 5.74) is -0.376. The second-order valence-corrected chi connectivity index (χ2v) is 10.7. The predicted octanol–water partition coefficient (Wildman–Crippen LogP) is 2.33. The molecule has 3 unspecified atom stereocenters. The van der Waals surface area contributed by atoms with Gasteiger partial charge in [0.2, 0.25) is 11.8 Å². The van der Waals surface area contributed by atoms with Crippen molar-refractivity contribution in [3.8, 4) is 0 Å². The summed E-state index contributed by atoms with van der Waals surface area (Å²) in [5, 5.41) is 15.1. The lowest BCUT2D eigenvalue weighted by Crippen LogP contribution is -2.61. The van der Waals surface area contributed by atoms with Crippen molar-refractivity contribution in [2.24, 2.45) is 11.3 Å². The van der Waals surface area contributed by atoms with Gasteiger partial charge in [0.05, 0.1) is 6.04 Å². The minimum atomic E-state index is -1.02. The van der Waals surface area contributed by atoms with E-state index in [1.807, 2.05) is 48.5 Å². The molecule has 0 heterocycles. The number of likely N-dealkylation sites (N-methyl/N-ethyl adjacent to an activating group) is 2. The number of hydrogen-bond acceptors (Lipinski definition) is 5. The number of nitrogens with zero attached hydrogens (tertiary/aromatic N) is 1. The molecule has 0 aliphatic carbocycles. The van der Waals surface area contributed by atoms with E-state index in [1.54, 1.807) is 20.2 Å². The lowest BCUT2D eigenvalue weighted by Gasteiger charge is -2.39. The third-order valence-corrected chi connectivity index (χ3v) is 5.15. The first-order chi connectivity index (χ1) is 12.9. The third kappa shape index (κ3) is 8.01. The Kier molecular flexibility index (Phi) is 9.92. The van der Waals surface area contributed by atoms with Crippen LogP contribution in [-0.4, -0.2) is 64.8 Å². The number of carboxylic acids is 1. The van der Waals surface area contributed by atoms with Gasteiger partial charge >= 0.3 is 5.97 Å². The molecule has 0 bridgehead atoms. The Hall–Kier alpha value is -1.54. The van der Waals surface area contributed by atoms with E-state index < -0.39 is 34.3 Å². The molecule has 3 N–H and O–H groups in total. The second kappa shape index (κ2) is 10.5. The van der Waals surface area contributed by atoms with E-state index in [1.165, 1.54) is 11.8 Å². The zero-order valence-electron chi connectivity index (χ0n) is 19.5. The maximum atomic E-state index is 13.4. The van der Waals surface area contributed by atoms with Gasteiger partial charge in [-0.2, -0.15) is 12.6 Å². The minimum absolute atomic E-state index is 0.00370. The molecule has 0 aromatic rings. The summed E-state index contributed by atoms with van der Waals surface area (Å²) in [4.78, 5) is 39.0. The Bertz CT molecular complexity index is 633. The maximum absolute atomic E-state index is 13.4. The fourth-order valence-corrected chi connectivity index (χ4v) is 3.36. The highest BCUT2D eigenvalue weighted by Crippen LogP contribution is 2.25. The number of carbonyl (C=O) groups excluding carboxylic acids is 2. The lowest BCUT2D eigenvalue weighted by atomic mass is 9.84. The minimum Gasteiger partial charge on any atom is -0.478 e. The van der Waals surface area contributed by atoms with Crippen molar-refractivity contribution in [3.05, 3.63) is 11.6 Å².